The van der Waals surface area contributed by atoms with Crippen molar-refractivity contribution in [1.29, 1.82) is 0 Å². The molecule has 1 aromatic heterocycles. The van der Waals surface area contributed by atoms with Gasteiger partial charge in [0.15, 0.2) is 0 Å². The molecule has 1 atom stereocenters. The number of hydrogen-bond acceptors (Lipinski definition) is 3. The molecule has 1 aromatic carbocycles. The van der Waals surface area contributed by atoms with E-state index in [1.807, 2.05) is 30.0 Å². The van der Waals surface area contributed by atoms with Crippen molar-refractivity contribution in [2.75, 3.05) is 0 Å². The molecular weight excluding hydrogens is 278 g/mol. The van der Waals surface area contributed by atoms with E-state index in [0.717, 1.165) is 12.0 Å². The van der Waals surface area contributed by atoms with Crippen molar-refractivity contribution in [3.63, 3.8) is 0 Å². The molecule has 106 valence electrons. The van der Waals surface area contributed by atoms with E-state index >= 15 is 0 Å². The third-order valence-corrected chi connectivity index (χ3v) is 3.20. The summed E-state index contributed by atoms with van der Waals surface area (Å²) in [5, 5.41) is 11.5. The predicted octanol–water partition coefficient (Wildman–Crippen LogP) is 2.99. The van der Waals surface area contributed by atoms with Crippen molar-refractivity contribution in [2.24, 2.45) is 5.73 Å². The van der Waals surface area contributed by atoms with E-state index in [1.54, 1.807) is 6.07 Å². The molecule has 0 bridgehead atoms. The molecule has 2 N–H and O–H groups in total. The van der Waals surface area contributed by atoms with Gasteiger partial charge >= 0.3 is 0 Å². The van der Waals surface area contributed by atoms with Crippen LogP contribution in [0.4, 0.5) is 5.69 Å². The lowest BCUT2D eigenvalue weighted by Crippen LogP contribution is -2.17. The Morgan fingerprint density at radius 3 is 2.85 bits per heavy atom. The molecule has 6 heteroatoms. The maximum absolute atomic E-state index is 11.0. The third kappa shape index (κ3) is 3.59. The summed E-state index contributed by atoms with van der Waals surface area (Å²) in [6.45, 7) is 2.36. The molecule has 20 heavy (non-hydrogen) atoms. The van der Waals surface area contributed by atoms with Crippen molar-refractivity contribution in [3.8, 4) is 0 Å². The second kappa shape index (κ2) is 6.07. The van der Waals surface area contributed by atoms with Gasteiger partial charge in [0.25, 0.3) is 5.69 Å². The molecular formula is C14H16ClN3O2. The Kier molecular flexibility index (Phi) is 4.42. The zero-order valence-electron chi connectivity index (χ0n) is 11.1. The zero-order valence-corrected chi connectivity index (χ0v) is 11.9. The summed E-state index contributed by atoms with van der Waals surface area (Å²) in [5.41, 5.74) is 7.54. The Hall–Kier alpha value is -1.85. The lowest BCUT2D eigenvalue weighted by Gasteiger charge is -2.05. The number of aromatic nitrogens is 1. The minimum Gasteiger partial charge on any atom is -0.349 e. The van der Waals surface area contributed by atoms with Crippen molar-refractivity contribution in [1.82, 2.24) is 4.57 Å². The molecule has 0 aliphatic rings. The fourth-order valence-corrected chi connectivity index (χ4v) is 2.33. The normalized spacial score (nSPS) is 12.3. The highest BCUT2D eigenvalue weighted by molar-refractivity contribution is 6.30. The molecule has 0 saturated carbocycles. The van der Waals surface area contributed by atoms with E-state index in [-0.39, 0.29) is 11.7 Å². The number of rotatable bonds is 5. The van der Waals surface area contributed by atoms with Gasteiger partial charge in [-0.15, -0.1) is 0 Å². The summed E-state index contributed by atoms with van der Waals surface area (Å²) < 4.78 is 1.90. The maximum atomic E-state index is 11.0. The summed E-state index contributed by atoms with van der Waals surface area (Å²) in [6.07, 6.45) is 4.63. The van der Waals surface area contributed by atoms with E-state index in [4.69, 9.17) is 17.3 Å². The molecule has 0 fully saturated rings. The van der Waals surface area contributed by atoms with Crippen molar-refractivity contribution >= 4 is 17.3 Å². The second-order valence-corrected chi connectivity index (χ2v) is 5.34. The topological polar surface area (TPSA) is 74.1 Å². The average molecular weight is 294 g/mol. The van der Waals surface area contributed by atoms with Gasteiger partial charge in [-0.25, -0.2) is 0 Å². The zero-order chi connectivity index (χ0) is 14.7. The lowest BCUT2D eigenvalue weighted by molar-refractivity contribution is -0.385. The van der Waals surface area contributed by atoms with Crippen LogP contribution in [-0.4, -0.2) is 15.5 Å². The number of nitro benzene ring substituents is 1. The Balaban J connectivity index is 2.23. The molecule has 2 aromatic rings. The highest BCUT2D eigenvalue weighted by Crippen LogP contribution is 2.23. The highest BCUT2D eigenvalue weighted by atomic mass is 35.5. The Bertz CT molecular complexity index is 623. The summed E-state index contributed by atoms with van der Waals surface area (Å²) in [6, 6.07) is 6.65. The average Bonchev–Trinajstić information content (AvgIpc) is 2.75. The number of nitro groups is 1. The molecule has 0 amide bonds. The fraction of sp³-hybridized carbons (Fsp3) is 0.286. The number of nitrogens with two attached hydrogens (primary N) is 1. The maximum Gasteiger partial charge on any atom is 0.274 e. The van der Waals surface area contributed by atoms with E-state index in [0.29, 0.717) is 17.1 Å². The lowest BCUT2D eigenvalue weighted by atomic mass is 10.1. The van der Waals surface area contributed by atoms with E-state index in [1.165, 1.54) is 12.1 Å². The van der Waals surface area contributed by atoms with Crippen LogP contribution in [0.2, 0.25) is 5.02 Å². The standard InChI is InChI=1S/C14H16ClN3O2/c1-10(16)6-11-4-5-17(8-11)9-12-7-13(15)2-3-14(12)18(19)20/h2-5,7-8,10H,6,9,16H2,1H3. The summed E-state index contributed by atoms with van der Waals surface area (Å²) >= 11 is 5.91. The smallest absolute Gasteiger partial charge is 0.274 e. The number of benzene rings is 1. The Morgan fingerprint density at radius 1 is 1.45 bits per heavy atom. The molecule has 5 nitrogen and oxygen atoms in total. The van der Waals surface area contributed by atoms with Gasteiger partial charge in [-0.3, -0.25) is 10.1 Å². The quantitative estimate of drug-likeness (QED) is 0.680. The first-order chi connectivity index (χ1) is 9.45. The van der Waals surface area contributed by atoms with Crippen LogP contribution in [0.25, 0.3) is 0 Å². The van der Waals surface area contributed by atoms with Crippen LogP contribution in [0.3, 0.4) is 0 Å². The largest absolute Gasteiger partial charge is 0.349 e. The molecule has 1 unspecified atom stereocenters. The van der Waals surface area contributed by atoms with E-state index in [9.17, 15) is 10.1 Å². The number of nitrogens with zero attached hydrogens (tertiary/aromatic N) is 2. The minimum absolute atomic E-state index is 0.0804. The summed E-state index contributed by atoms with van der Waals surface area (Å²) in [4.78, 5) is 10.6. The van der Waals surface area contributed by atoms with Crippen LogP contribution in [0.15, 0.2) is 36.7 Å². The van der Waals surface area contributed by atoms with Crippen LogP contribution in [0.1, 0.15) is 18.1 Å². The summed E-state index contributed by atoms with van der Waals surface area (Å²) in [5.74, 6) is 0. The number of hydrogen-bond donors (Lipinski definition) is 1. The molecule has 0 aliphatic heterocycles. The molecule has 2 rings (SSSR count). The van der Waals surface area contributed by atoms with Crippen LogP contribution in [0, 0.1) is 10.1 Å². The minimum atomic E-state index is -0.391. The first-order valence-electron chi connectivity index (χ1n) is 6.29. The van der Waals surface area contributed by atoms with Gasteiger partial charge < -0.3 is 10.3 Å². The van der Waals surface area contributed by atoms with Gasteiger partial charge in [0.1, 0.15) is 0 Å². The molecule has 0 aliphatic carbocycles. The SMILES string of the molecule is CC(N)Cc1ccn(Cc2cc(Cl)ccc2[N+](=O)[O-])c1. The molecule has 0 saturated heterocycles. The molecule has 0 spiro atoms. The van der Waals surface area contributed by atoms with Crippen LogP contribution < -0.4 is 5.73 Å². The Morgan fingerprint density at radius 2 is 2.20 bits per heavy atom. The predicted molar refractivity (Wildman–Crippen MR) is 79.0 cm³/mol. The third-order valence-electron chi connectivity index (χ3n) is 2.96. The fourth-order valence-electron chi connectivity index (χ4n) is 2.14. The van der Waals surface area contributed by atoms with E-state index < -0.39 is 4.92 Å². The van der Waals surface area contributed by atoms with Gasteiger partial charge in [0, 0.05) is 29.5 Å². The number of halogens is 1. The van der Waals surface area contributed by atoms with E-state index in [2.05, 4.69) is 0 Å². The van der Waals surface area contributed by atoms with Gasteiger partial charge in [-0.1, -0.05) is 11.6 Å². The van der Waals surface area contributed by atoms with Gasteiger partial charge in [0.2, 0.25) is 0 Å². The van der Waals surface area contributed by atoms with Gasteiger partial charge in [-0.2, -0.15) is 0 Å². The van der Waals surface area contributed by atoms with Crippen LogP contribution in [0.5, 0.6) is 0 Å². The van der Waals surface area contributed by atoms with Crippen molar-refractivity contribution < 1.29 is 4.92 Å². The Labute approximate surface area is 122 Å². The van der Waals surface area contributed by atoms with Crippen molar-refractivity contribution in [3.05, 3.63) is 62.9 Å². The van der Waals surface area contributed by atoms with Gasteiger partial charge in [-0.05, 0) is 37.1 Å². The summed E-state index contributed by atoms with van der Waals surface area (Å²) in [7, 11) is 0. The second-order valence-electron chi connectivity index (χ2n) is 4.90. The van der Waals surface area contributed by atoms with Crippen LogP contribution in [-0.2, 0) is 13.0 Å². The monoisotopic (exact) mass is 293 g/mol. The van der Waals surface area contributed by atoms with Gasteiger partial charge in [0.05, 0.1) is 17.0 Å². The van der Waals surface area contributed by atoms with Crippen molar-refractivity contribution in [2.45, 2.75) is 25.9 Å². The highest BCUT2D eigenvalue weighted by Gasteiger charge is 2.14. The first kappa shape index (κ1) is 14.6. The van der Waals surface area contributed by atoms with Crippen LogP contribution >= 0.6 is 11.6 Å². The molecule has 1 heterocycles. The molecule has 0 radical (unpaired) electrons. The first-order valence-corrected chi connectivity index (χ1v) is 6.66.